The van der Waals surface area contributed by atoms with Gasteiger partial charge in [0.2, 0.25) is 11.8 Å². The van der Waals surface area contributed by atoms with Crippen molar-refractivity contribution in [3.05, 3.63) is 35.9 Å². The lowest BCUT2D eigenvalue weighted by molar-refractivity contribution is -0.137. The number of hydrogen-bond donors (Lipinski definition) is 0. The van der Waals surface area contributed by atoms with E-state index in [0.717, 1.165) is 25.7 Å². The Morgan fingerprint density at radius 3 is 2.46 bits per heavy atom. The molecular weight excluding hydrogens is 300 g/mol. The SMILES string of the molecule is CCC(CC)N1CC(C(=O)N(Cc2ccccc2)C2CC2)CC1=O. The van der Waals surface area contributed by atoms with Gasteiger partial charge in [-0.05, 0) is 31.2 Å². The highest BCUT2D eigenvalue weighted by molar-refractivity contribution is 5.89. The number of benzene rings is 1. The Balaban J connectivity index is 1.69. The first-order valence-electron chi connectivity index (χ1n) is 9.27. The van der Waals surface area contributed by atoms with E-state index < -0.39 is 0 Å². The fourth-order valence-corrected chi connectivity index (χ4v) is 3.77. The number of rotatable bonds is 7. The maximum atomic E-state index is 13.1. The summed E-state index contributed by atoms with van der Waals surface area (Å²) in [4.78, 5) is 29.4. The average molecular weight is 328 g/mol. The lowest BCUT2D eigenvalue weighted by Gasteiger charge is -2.28. The van der Waals surface area contributed by atoms with Gasteiger partial charge in [-0.15, -0.1) is 0 Å². The standard InChI is InChI=1S/C20H28N2O2/c1-3-17(4-2)21-14-16(12-19(21)23)20(24)22(18-10-11-18)13-15-8-6-5-7-9-15/h5-9,16-18H,3-4,10-14H2,1-2H3. The Morgan fingerprint density at radius 2 is 1.88 bits per heavy atom. The van der Waals surface area contributed by atoms with Crippen LogP contribution in [0.4, 0.5) is 0 Å². The van der Waals surface area contributed by atoms with E-state index in [2.05, 4.69) is 26.0 Å². The highest BCUT2D eigenvalue weighted by atomic mass is 16.2. The van der Waals surface area contributed by atoms with Crippen LogP contribution >= 0.6 is 0 Å². The number of amides is 2. The molecule has 2 fully saturated rings. The summed E-state index contributed by atoms with van der Waals surface area (Å²) in [5, 5.41) is 0. The average Bonchev–Trinajstić information content (AvgIpc) is 3.37. The van der Waals surface area contributed by atoms with Gasteiger partial charge in [0.1, 0.15) is 0 Å². The zero-order valence-electron chi connectivity index (χ0n) is 14.8. The van der Waals surface area contributed by atoms with Gasteiger partial charge in [-0.1, -0.05) is 44.2 Å². The van der Waals surface area contributed by atoms with Gasteiger partial charge in [0.25, 0.3) is 0 Å². The van der Waals surface area contributed by atoms with Crippen LogP contribution in [0.1, 0.15) is 51.5 Å². The molecule has 1 heterocycles. The van der Waals surface area contributed by atoms with E-state index in [1.165, 1.54) is 5.56 Å². The molecular formula is C20H28N2O2. The van der Waals surface area contributed by atoms with Crippen LogP contribution in [0.2, 0.25) is 0 Å². The first-order chi connectivity index (χ1) is 11.6. The predicted octanol–water partition coefficient (Wildman–Crippen LogP) is 3.21. The molecule has 2 amide bonds. The minimum absolute atomic E-state index is 0.150. The van der Waals surface area contributed by atoms with Gasteiger partial charge in [0.15, 0.2) is 0 Å². The molecule has 0 N–H and O–H groups in total. The van der Waals surface area contributed by atoms with Crippen LogP contribution in [0.15, 0.2) is 30.3 Å². The summed E-state index contributed by atoms with van der Waals surface area (Å²) in [5.41, 5.74) is 1.17. The maximum Gasteiger partial charge on any atom is 0.228 e. The summed E-state index contributed by atoms with van der Waals surface area (Å²) in [6.07, 6.45) is 4.48. The molecule has 1 saturated heterocycles. The van der Waals surface area contributed by atoms with Crippen LogP contribution in [-0.4, -0.2) is 40.2 Å². The van der Waals surface area contributed by atoms with Crippen LogP contribution in [0, 0.1) is 5.92 Å². The molecule has 1 aromatic rings. The van der Waals surface area contributed by atoms with Crippen molar-refractivity contribution in [2.45, 2.75) is 64.6 Å². The summed E-state index contributed by atoms with van der Waals surface area (Å²) < 4.78 is 0. The fourth-order valence-electron chi connectivity index (χ4n) is 3.77. The normalized spacial score (nSPS) is 20.7. The summed E-state index contributed by atoms with van der Waals surface area (Å²) in [6.45, 7) is 5.49. The molecule has 24 heavy (non-hydrogen) atoms. The lowest BCUT2D eigenvalue weighted by atomic mass is 10.1. The van der Waals surface area contributed by atoms with Crippen molar-refractivity contribution < 1.29 is 9.59 Å². The van der Waals surface area contributed by atoms with Crippen LogP contribution in [0.25, 0.3) is 0 Å². The van der Waals surface area contributed by atoms with E-state index in [4.69, 9.17) is 0 Å². The summed E-state index contributed by atoms with van der Waals surface area (Å²) >= 11 is 0. The molecule has 1 aliphatic carbocycles. The highest BCUT2D eigenvalue weighted by Crippen LogP contribution is 2.32. The zero-order valence-corrected chi connectivity index (χ0v) is 14.8. The number of nitrogens with zero attached hydrogens (tertiary/aromatic N) is 2. The molecule has 4 nitrogen and oxygen atoms in total. The molecule has 0 aromatic heterocycles. The van der Waals surface area contributed by atoms with Gasteiger partial charge in [-0.25, -0.2) is 0 Å². The lowest BCUT2D eigenvalue weighted by Crippen LogP contribution is -2.40. The van der Waals surface area contributed by atoms with Gasteiger partial charge in [-0.2, -0.15) is 0 Å². The Bertz CT molecular complexity index is 579. The van der Waals surface area contributed by atoms with Gasteiger partial charge >= 0.3 is 0 Å². The van der Waals surface area contributed by atoms with Gasteiger partial charge < -0.3 is 9.80 Å². The Labute approximate surface area is 144 Å². The molecule has 130 valence electrons. The smallest absolute Gasteiger partial charge is 0.228 e. The van der Waals surface area contributed by atoms with Crippen molar-refractivity contribution in [2.75, 3.05) is 6.54 Å². The Hall–Kier alpha value is -1.84. The number of carbonyl (C=O) groups excluding carboxylic acids is 2. The molecule has 1 aromatic carbocycles. The molecule has 0 radical (unpaired) electrons. The van der Waals surface area contributed by atoms with E-state index in [9.17, 15) is 9.59 Å². The van der Waals surface area contributed by atoms with E-state index in [1.54, 1.807) is 0 Å². The van der Waals surface area contributed by atoms with Gasteiger partial charge in [-0.3, -0.25) is 9.59 Å². The van der Waals surface area contributed by atoms with Crippen LogP contribution in [-0.2, 0) is 16.1 Å². The molecule has 1 saturated carbocycles. The number of likely N-dealkylation sites (tertiary alicyclic amines) is 1. The second-order valence-electron chi connectivity index (χ2n) is 7.10. The van der Waals surface area contributed by atoms with Crippen molar-refractivity contribution in [2.24, 2.45) is 5.92 Å². The van der Waals surface area contributed by atoms with Crippen LogP contribution < -0.4 is 0 Å². The predicted molar refractivity (Wildman–Crippen MR) is 94.2 cm³/mol. The fraction of sp³-hybridized carbons (Fsp3) is 0.600. The van der Waals surface area contributed by atoms with E-state index in [1.807, 2.05) is 28.0 Å². The van der Waals surface area contributed by atoms with Crippen LogP contribution in [0.3, 0.4) is 0 Å². The van der Waals surface area contributed by atoms with Crippen LogP contribution in [0.5, 0.6) is 0 Å². The molecule has 0 spiro atoms. The van der Waals surface area contributed by atoms with Crippen molar-refractivity contribution in [1.82, 2.24) is 9.80 Å². The first-order valence-corrected chi connectivity index (χ1v) is 9.27. The molecule has 2 aliphatic rings. The Kier molecular flexibility index (Phi) is 5.22. The molecule has 0 bridgehead atoms. The highest BCUT2D eigenvalue weighted by Gasteiger charge is 2.42. The molecule has 1 atom stereocenters. The third-order valence-electron chi connectivity index (χ3n) is 5.36. The quantitative estimate of drug-likeness (QED) is 0.771. The summed E-state index contributed by atoms with van der Waals surface area (Å²) in [5.74, 6) is 0.156. The maximum absolute atomic E-state index is 13.1. The second kappa shape index (κ2) is 7.37. The van der Waals surface area contributed by atoms with Crippen molar-refractivity contribution in [3.8, 4) is 0 Å². The topological polar surface area (TPSA) is 40.6 Å². The summed E-state index contributed by atoms with van der Waals surface area (Å²) in [6, 6.07) is 10.8. The largest absolute Gasteiger partial charge is 0.339 e. The molecule has 4 heteroatoms. The van der Waals surface area contributed by atoms with E-state index in [0.29, 0.717) is 25.6 Å². The second-order valence-corrected chi connectivity index (χ2v) is 7.10. The minimum Gasteiger partial charge on any atom is -0.339 e. The third kappa shape index (κ3) is 3.63. The van der Waals surface area contributed by atoms with E-state index >= 15 is 0 Å². The van der Waals surface area contributed by atoms with Crippen molar-refractivity contribution in [3.63, 3.8) is 0 Å². The first kappa shape index (κ1) is 17.0. The molecule has 1 aliphatic heterocycles. The number of hydrogen-bond acceptors (Lipinski definition) is 2. The van der Waals surface area contributed by atoms with Gasteiger partial charge in [0, 0.05) is 31.6 Å². The monoisotopic (exact) mass is 328 g/mol. The molecule has 1 unspecified atom stereocenters. The Morgan fingerprint density at radius 1 is 1.21 bits per heavy atom. The van der Waals surface area contributed by atoms with Crippen molar-refractivity contribution >= 4 is 11.8 Å². The zero-order chi connectivity index (χ0) is 17.1. The van der Waals surface area contributed by atoms with Gasteiger partial charge in [0.05, 0.1) is 5.92 Å². The minimum atomic E-state index is -0.164. The molecule has 3 rings (SSSR count). The summed E-state index contributed by atoms with van der Waals surface area (Å²) in [7, 11) is 0. The van der Waals surface area contributed by atoms with Crippen molar-refractivity contribution in [1.29, 1.82) is 0 Å². The number of carbonyl (C=O) groups is 2. The third-order valence-corrected chi connectivity index (χ3v) is 5.36. The van der Waals surface area contributed by atoms with E-state index in [-0.39, 0.29) is 23.8 Å².